The second kappa shape index (κ2) is 10.4. The minimum Gasteiger partial charge on any atom is -0.455 e. The molecule has 0 radical (unpaired) electrons. The number of fused-ring (bicyclic) bond motifs is 10. The molecule has 0 saturated heterocycles. The highest BCUT2D eigenvalue weighted by Crippen LogP contribution is 2.52. The van der Waals surface area contributed by atoms with Crippen molar-refractivity contribution < 1.29 is 4.42 Å². The SMILES string of the molecule is CC1(C)c2ccccc2-c2ccc3ccc(N(c4ccc(-c5ccccc5)cc4)c4ccc5oc6c7ccccc7ccc6c5c4)cc3c21. The lowest BCUT2D eigenvalue weighted by atomic mass is 9.80. The van der Waals surface area contributed by atoms with Gasteiger partial charge < -0.3 is 9.32 Å². The summed E-state index contributed by atoms with van der Waals surface area (Å²) in [7, 11) is 0. The van der Waals surface area contributed by atoms with Gasteiger partial charge in [0.15, 0.2) is 0 Å². The maximum Gasteiger partial charge on any atom is 0.143 e. The number of rotatable bonds is 4. The first kappa shape index (κ1) is 27.9. The van der Waals surface area contributed by atoms with E-state index >= 15 is 0 Å². The van der Waals surface area contributed by atoms with Gasteiger partial charge in [0.2, 0.25) is 0 Å². The quantitative estimate of drug-likeness (QED) is 0.193. The molecule has 0 amide bonds. The van der Waals surface area contributed by atoms with Crippen LogP contribution in [0.2, 0.25) is 0 Å². The smallest absolute Gasteiger partial charge is 0.143 e. The maximum absolute atomic E-state index is 6.52. The van der Waals surface area contributed by atoms with Crippen LogP contribution in [0, 0.1) is 0 Å². The number of nitrogens with zero attached hydrogens (tertiary/aromatic N) is 1. The summed E-state index contributed by atoms with van der Waals surface area (Å²) in [5, 5.41) is 7.11. The molecule has 232 valence electrons. The molecule has 2 heteroatoms. The Bertz CT molecular complexity index is 2730. The van der Waals surface area contributed by atoms with Gasteiger partial charge in [0, 0.05) is 38.6 Å². The van der Waals surface area contributed by atoms with E-state index in [-0.39, 0.29) is 5.41 Å². The van der Waals surface area contributed by atoms with Crippen LogP contribution in [0.3, 0.4) is 0 Å². The van der Waals surface area contributed by atoms with Gasteiger partial charge >= 0.3 is 0 Å². The van der Waals surface area contributed by atoms with Crippen LogP contribution >= 0.6 is 0 Å². The zero-order valence-corrected chi connectivity index (χ0v) is 27.4. The molecular formula is C47H33NO. The summed E-state index contributed by atoms with van der Waals surface area (Å²) >= 11 is 0. The Labute approximate surface area is 285 Å². The third-order valence-corrected chi connectivity index (χ3v) is 10.6. The molecule has 1 aromatic heterocycles. The summed E-state index contributed by atoms with van der Waals surface area (Å²) in [4.78, 5) is 2.39. The van der Waals surface area contributed by atoms with Crippen molar-refractivity contribution in [3.63, 3.8) is 0 Å². The van der Waals surface area contributed by atoms with E-state index in [0.29, 0.717) is 0 Å². The fourth-order valence-corrected chi connectivity index (χ4v) is 8.25. The first-order valence-electron chi connectivity index (χ1n) is 17.0. The van der Waals surface area contributed by atoms with Crippen molar-refractivity contribution in [3.8, 4) is 22.3 Å². The van der Waals surface area contributed by atoms with E-state index in [9.17, 15) is 0 Å². The average Bonchev–Trinajstić information content (AvgIpc) is 3.64. The molecule has 0 bridgehead atoms. The molecule has 0 fully saturated rings. The maximum atomic E-state index is 6.52. The molecule has 49 heavy (non-hydrogen) atoms. The summed E-state index contributed by atoms with van der Waals surface area (Å²) in [6, 6.07) is 59.4. The highest BCUT2D eigenvalue weighted by atomic mass is 16.3. The van der Waals surface area contributed by atoms with Gasteiger partial charge in [0.05, 0.1) is 0 Å². The number of furan rings is 1. The summed E-state index contributed by atoms with van der Waals surface area (Å²) in [6.07, 6.45) is 0. The van der Waals surface area contributed by atoms with E-state index in [2.05, 4.69) is 183 Å². The van der Waals surface area contributed by atoms with Crippen LogP contribution in [0.15, 0.2) is 168 Å². The minimum atomic E-state index is -0.108. The Balaban J connectivity index is 1.19. The molecule has 8 aromatic carbocycles. The summed E-state index contributed by atoms with van der Waals surface area (Å²) in [6.45, 7) is 4.73. The van der Waals surface area contributed by atoms with Crippen LogP contribution in [0.4, 0.5) is 17.1 Å². The molecule has 10 rings (SSSR count). The van der Waals surface area contributed by atoms with E-state index in [1.165, 1.54) is 49.5 Å². The Kier molecular flexibility index (Phi) is 5.95. The third-order valence-electron chi connectivity index (χ3n) is 10.6. The van der Waals surface area contributed by atoms with Crippen LogP contribution in [-0.2, 0) is 5.41 Å². The standard InChI is InChI=1S/C47H33NO/c1-47(2)43-15-9-8-14-38(43)39-25-19-33-18-23-35(28-41(33)45(39)47)48(34-21-16-31(17-22-34)30-10-4-3-5-11-30)36-24-27-44-42(29-36)40-26-20-32-12-6-7-13-37(32)46(40)49-44/h3-29H,1-2H3. The van der Waals surface area contributed by atoms with Gasteiger partial charge in [-0.05, 0) is 98.1 Å². The molecule has 1 heterocycles. The minimum absolute atomic E-state index is 0.108. The largest absolute Gasteiger partial charge is 0.455 e. The van der Waals surface area contributed by atoms with Crippen molar-refractivity contribution in [2.24, 2.45) is 0 Å². The topological polar surface area (TPSA) is 16.4 Å². The molecule has 1 aliphatic rings. The molecule has 0 unspecified atom stereocenters. The number of benzene rings is 8. The first-order valence-corrected chi connectivity index (χ1v) is 17.0. The molecule has 2 nitrogen and oxygen atoms in total. The van der Waals surface area contributed by atoms with E-state index in [4.69, 9.17) is 4.42 Å². The molecule has 9 aromatic rings. The second-order valence-corrected chi connectivity index (χ2v) is 13.8. The average molecular weight is 628 g/mol. The van der Waals surface area contributed by atoms with Gasteiger partial charge in [0.1, 0.15) is 11.2 Å². The molecular weight excluding hydrogens is 595 g/mol. The van der Waals surface area contributed by atoms with Gasteiger partial charge in [-0.3, -0.25) is 0 Å². The number of hydrogen-bond donors (Lipinski definition) is 0. The van der Waals surface area contributed by atoms with E-state index < -0.39 is 0 Å². The summed E-state index contributed by atoms with van der Waals surface area (Å²) in [5.41, 5.74) is 12.9. The molecule has 1 aliphatic carbocycles. The summed E-state index contributed by atoms with van der Waals surface area (Å²) < 4.78 is 6.52. The lowest BCUT2D eigenvalue weighted by Gasteiger charge is -2.28. The van der Waals surface area contributed by atoms with Crippen molar-refractivity contribution in [1.29, 1.82) is 0 Å². The Morgan fingerprint density at radius 2 is 1.08 bits per heavy atom. The van der Waals surface area contributed by atoms with E-state index in [1.807, 2.05) is 0 Å². The van der Waals surface area contributed by atoms with Gasteiger partial charge in [0.25, 0.3) is 0 Å². The highest BCUT2D eigenvalue weighted by molar-refractivity contribution is 6.15. The number of anilines is 3. The van der Waals surface area contributed by atoms with Gasteiger partial charge in [-0.2, -0.15) is 0 Å². The van der Waals surface area contributed by atoms with Gasteiger partial charge in [-0.15, -0.1) is 0 Å². The third kappa shape index (κ3) is 4.20. The molecule has 0 aliphatic heterocycles. The van der Waals surface area contributed by atoms with Crippen molar-refractivity contribution in [3.05, 3.63) is 175 Å². The van der Waals surface area contributed by atoms with Crippen molar-refractivity contribution in [2.75, 3.05) is 4.90 Å². The molecule has 0 N–H and O–H groups in total. The number of hydrogen-bond acceptors (Lipinski definition) is 2. The van der Waals surface area contributed by atoms with Crippen molar-refractivity contribution in [1.82, 2.24) is 0 Å². The highest BCUT2D eigenvalue weighted by Gasteiger charge is 2.36. The van der Waals surface area contributed by atoms with Gasteiger partial charge in [-0.1, -0.05) is 129 Å². The van der Waals surface area contributed by atoms with Crippen LogP contribution in [0.5, 0.6) is 0 Å². The lowest BCUT2D eigenvalue weighted by Crippen LogP contribution is -2.16. The normalized spacial score (nSPS) is 13.3. The fraction of sp³-hybridized carbons (Fsp3) is 0.0638. The van der Waals surface area contributed by atoms with Crippen LogP contribution in [-0.4, -0.2) is 0 Å². The molecule has 0 saturated carbocycles. The van der Waals surface area contributed by atoms with Crippen molar-refractivity contribution in [2.45, 2.75) is 19.3 Å². The lowest BCUT2D eigenvalue weighted by molar-refractivity contribution is 0.666. The van der Waals surface area contributed by atoms with E-state index in [1.54, 1.807) is 0 Å². The second-order valence-electron chi connectivity index (χ2n) is 13.8. The molecule has 0 spiro atoms. The summed E-state index contributed by atoms with van der Waals surface area (Å²) in [5.74, 6) is 0. The van der Waals surface area contributed by atoms with Crippen molar-refractivity contribution >= 4 is 60.5 Å². The zero-order chi connectivity index (χ0) is 32.7. The Morgan fingerprint density at radius 1 is 0.449 bits per heavy atom. The zero-order valence-electron chi connectivity index (χ0n) is 27.4. The predicted molar refractivity (Wildman–Crippen MR) is 206 cm³/mol. The molecule has 0 atom stereocenters. The van der Waals surface area contributed by atoms with E-state index in [0.717, 1.165) is 44.4 Å². The Morgan fingerprint density at radius 3 is 1.94 bits per heavy atom. The van der Waals surface area contributed by atoms with Crippen LogP contribution in [0.25, 0.3) is 65.7 Å². The first-order chi connectivity index (χ1) is 24.0. The monoisotopic (exact) mass is 627 g/mol. The van der Waals surface area contributed by atoms with Gasteiger partial charge in [-0.25, -0.2) is 0 Å². The Hall–Kier alpha value is -6.12. The van der Waals surface area contributed by atoms with Crippen LogP contribution < -0.4 is 4.90 Å². The van der Waals surface area contributed by atoms with Crippen LogP contribution in [0.1, 0.15) is 25.0 Å². The fourth-order valence-electron chi connectivity index (χ4n) is 8.25. The predicted octanol–water partition coefficient (Wildman–Crippen LogP) is 13.3.